The van der Waals surface area contributed by atoms with Crippen molar-refractivity contribution in [1.82, 2.24) is 14.1 Å². The van der Waals surface area contributed by atoms with Gasteiger partial charge >= 0.3 is 0 Å². The van der Waals surface area contributed by atoms with Crippen LogP contribution in [-0.2, 0) is 0 Å². The number of aliphatic hydroxyl groups excluding tert-OH is 1. The van der Waals surface area contributed by atoms with Gasteiger partial charge in [-0.25, -0.2) is 0 Å². The first-order valence-electron chi connectivity index (χ1n) is 6.14. The molecule has 104 valence electrons. The van der Waals surface area contributed by atoms with Gasteiger partial charge in [0.25, 0.3) is 0 Å². The number of rotatable bonds is 8. The molecule has 0 saturated heterocycles. The number of aliphatic hydroxyl groups is 1. The van der Waals surface area contributed by atoms with E-state index in [1.165, 1.54) is 4.88 Å². The van der Waals surface area contributed by atoms with Crippen LogP contribution in [0.4, 0.5) is 0 Å². The van der Waals surface area contributed by atoms with E-state index in [9.17, 15) is 5.11 Å². The van der Waals surface area contributed by atoms with E-state index in [1.807, 2.05) is 6.07 Å². The van der Waals surface area contributed by atoms with E-state index < -0.39 is 6.10 Å². The minimum Gasteiger partial charge on any atom is -0.473 e. The molecule has 0 fully saturated rings. The van der Waals surface area contributed by atoms with Crippen LogP contribution >= 0.6 is 23.1 Å². The minimum atomic E-state index is -0.560. The fraction of sp³-hybridized carbons (Fsp3) is 0.500. The topological polar surface area (TPSA) is 67.3 Å². The van der Waals surface area contributed by atoms with Crippen LogP contribution in [0, 0.1) is 0 Å². The van der Waals surface area contributed by atoms with Gasteiger partial charge in [0.15, 0.2) is 0 Å². The van der Waals surface area contributed by atoms with Crippen molar-refractivity contribution in [3.05, 3.63) is 28.6 Å². The first-order valence-corrected chi connectivity index (χ1v) is 7.75. The lowest BCUT2D eigenvalue weighted by atomic mass is 10.2. The summed E-state index contributed by atoms with van der Waals surface area (Å²) in [4.78, 5) is 1.29. The Kier molecular flexibility index (Phi) is 5.71. The Labute approximate surface area is 120 Å². The molecule has 0 bridgehead atoms. The quantitative estimate of drug-likeness (QED) is 0.781. The summed E-state index contributed by atoms with van der Waals surface area (Å²) in [6, 6.07) is 4.44. The number of nitrogens with one attached hydrogen (secondary N) is 1. The highest BCUT2D eigenvalue weighted by Crippen LogP contribution is 2.21. The van der Waals surface area contributed by atoms with Gasteiger partial charge in [0.1, 0.15) is 18.9 Å². The Morgan fingerprint density at radius 2 is 2.42 bits per heavy atom. The molecule has 7 heteroatoms. The highest BCUT2D eigenvalue weighted by molar-refractivity contribution is 7.10. The third kappa shape index (κ3) is 4.54. The predicted octanol–water partition coefficient (Wildman–Crippen LogP) is 2.08. The van der Waals surface area contributed by atoms with E-state index >= 15 is 0 Å². The van der Waals surface area contributed by atoms with Gasteiger partial charge in [-0.05, 0) is 17.9 Å². The smallest absolute Gasteiger partial charge is 0.245 e. The second kappa shape index (κ2) is 7.54. The van der Waals surface area contributed by atoms with Crippen molar-refractivity contribution in [1.29, 1.82) is 0 Å². The molecular formula is C12H17N3O2S2. The minimum absolute atomic E-state index is 0.222. The van der Waals surface area contributed by atoms with Crippen LogP contribution in [-0.4, -0.2) is 33.1 Å². The van der Waals surface area contributed by atoms with Crippen LogP contribution in [0.25, 0.3) is 0 Å². The van der Waals surface area contributed by atoms with E-state index in [0.29, 0.717) is 12.4 Å². The molecule has 5 nitrogen and oxygen atoms in total. The number of aromatic nitrogens is 2. The number of ether oxygens (including phenoxy) is 1. The number of hydrogen-bond donors (Lipinski definition) is 2. The molecule has 2 rings (SSSR count). The Hall–Kier alpha value is -1.02. The molecule has 0 saturated carbocycles. The van der Waals surface area contributed by atoms with Crippen molar-refractivity contribution in [2.24, 2.45) is 0 Å². The third-order valence-electron chi connectivity index (χ3n) is 2.66. The van der Waals surface area contributed by atoms with Crippen LogP contribution in [0.2, 0.25) is 0 Å². The average Bonchev–Trinajstić information content (AvgIpc) is 3.10. The van der Waals surface area contributed by atoms with Crippen LogP contribution in [0.3, 0.4) is 0 Å². The lowest BCUT2D eigenvalue weighted by molar-refractivity contribution is 0.101. The zero-order chi connectivity index (χ0) is 13.5. The van der Waals surface area contributed by atoms with Crippen LogP contribution < -0.4 is 10.1 Å². The predicted molar refractivity (Wildman–Crippen MR) is 76.8 cm³/mol. The molecular weight excluding hydrogens is 282 g/mol. The van der Waals surface area contributed by atoms with Crippen LogP contribution in [0.5, 0.6) is 5.88 Å². The van der Waals surface area contributed by atoms with Crippen LogP contribution in [0.15, 0.2) is 23.7 Å². The number of nitrogens with zero attached hydrogens (tertiary/aromatic N) is 2. The Balaban J connectivity index is 1.71. The third-order valence-corrected chi connectivity index (χ3v) is 4.11. The zero-order valence-corrected chi connectivity index (χ0v) is 12.3. The van der Waals surface area contributed by atoms with Crippen molar-refractivity contribution in [2.45, 2.75) is 25.5 Å². The fourth-order valence-corrected chi connectivity index (χ4v) is 2.92. The van der Waals surface area contributed by atoms with E-state index in [1.54, 1.807) is 17.5 Å². The molecule has 2 unspecified atom stereocenters. The SMILES string of the molecule is CCC(NCC(O)COc1cnsn1)c1cccs1. The summed E-state index contributed by atoms with van der Waals surface area (Å²) >= 11 is 2.82. The first-order chi connectivity index (χ1) is 9.29. The fourth-order valence-electron chi connectivity index (χ4n) is 1.67. The standard InChI is InChI=1S/C12H17N3O2S2/c1-2-10(11-4-3-5-18-11)13-6-9(16)8-17-12-7-14-19-15-12/h3-5,7,9-10,13,16H,2,6,8H2,1H3. The first kappa shape index (κ1) is 14.4. The average molecular weight is 299 g/mol. The van der Waals surface area contributed by atoms with Gasteiger partial charge in [0.05, 0.1) is 11.7 Å². The molecule has 2 heterocycles. The van der Waals surface area contributed by atoms with E-state index in [-0.39, 0.29) is 12.6 Å². The van der Waals surface area contributed by atoms with Gasteiger partial charge < -0.3 is 15.2 Å². The molecule has 19 heavy (non-hydrogen) atoms. The van der Waals surface area contributed by atoms with Gasteiger partial charge in [-0.2, -0.15) is 4.37 Å². The maximum Gasteiger partial charge on any atom is 0.245 e. The Bertz CT molecular complexity index is 448. The second-order valence-corrected chi connectivity index (χ2v) is 5.63. The summed E-state index contributed by atoms with van der Waals surface area (Å²) in [6.07, 6.45) is 1.98. The highest BCUT2D eigenvalue weighted by atomic mass is 32.1. The summed E-state index contributed by atoms with van der Waals surface area (Å²) in [5.74, 6) is 0.467. The van der Waals surface area contributed by atoms with Crippen molar-refractivity contribution in [3.8, 4) is 5.88 Å². The van der Waals surface area contributed by atoms with Gasteiger partial charge in [0, 0.05) is 17.5 Å². The maximum atomic E-state index is 9.86. The monoisotopic (exact) mass is 299 g/mol. The lowest BCUT2D eigenvalue weighted by Gasteiger charge is -2.18. The van der Waals surface area contributed by atoms with Crippen molar-refractivity contribution < 1.29 is 9.84 Å². The maximum absolute atomic E-state index is 9.86. The van der Waals surface area contributed by atoms with Gasteiger partial charge in [-0.15, -0.1) is 15.7 Å². The molecule has 0 radical (unpaired) electrons. The summed E-state index contributed by atoms with van der Waals surface area (Å²) in [6.45, 7) is 2.84. The van der Waals surface area contributed by atoms with Gasteiger partial charge in [-0.3, -0.25) is 0 Å². The Morgan fingerprint density at radius 3 is 3.05 bits per heavy atom. The number of thiophene rings is 1. The molecule has 2 aromatic rings. The molecule has 0 amide bonds. The molecule has 0 aliphatic rings. The van der Waals surface area contributed by atoms with Crippen molar-refractivity contribution >= 4 is 23.1 Å². The van der Waals surface area contributed by atoms with Crippen molar-refractivity contribution in [2.75, 3.05) is 13.2 Å². The molecule has 2 N–H and O–H groups in total. The van der Waals surface area contributed by atoms with Crippen LogP contribution in [0.1, 0.15) is 24.3 Å². The molecule has 0 spiro atoms. The lowest BCUT2D eigenvalue weighted by Crippen LogP contribution is -2.33. The summed E-state index contributed by atoms with van der Waals surface area (Å²) in [5, 5.41) is 15.3. The normalized spacial score (nSPS) is 14.2. The summed E-state index contributed by atoms with van der Waals surface area (Å²) in [5.41, 5.74) is 0. The molecule has 2 atom stereocenters. The van der Waals surface area contributed by atoms with E-state index in [4.69, 9.17) is 4.74 Å². The van der Waals surface area contributed by atoms with E-state index in [0.717, 1.165) is 18.1 Å². The second-order valence-electron chi connectivity index (χ2n) is 4.10. The summed E-state index contributed by atoms with van der Waals surface area (Å²) < 4.78 is 13.1. The molecule has 0 aliphatic carbocycles. The molecule has 0 aliphatic heterocycles. The molecule has 0 aromatic carbocycles. The zero-order valence-electron chi connectivity index (χ0n) is 10.7. The van der Waals surface area contributed by atoms with Crippen molar-refractivity contribution in [3.63, 3.8) is 0 Å². The van der Waals surface area contributed by atoms with E-state index in [2.05, 4.69) is 32.4 Å². The highest BCUT2D eigenvalue weighted by Gasteiger charge is 2.13. The largest absolute Gasteiger partial charge is 0.473 e. The Morgan fingerprint density at radius 1 is 1.53 bits per heavy atom. The van der Waals surface area contributed by atoms with Gasteiger partial charge in [-0.1, -0.05) is 13.0 Å². The number of hydrogen-bond acceptors (Lipinski definition) is 7. The summed E-state index contributed by atoms with van der Waals surface area (Å²) in [7, 11) is 0. The van der Waals surface area contributed by atoms with Gasteiger partial charge in [0.2, 0.25) is 5.88 Å². The molecule has 2 aromatic heterocycles.